The van der Waals surface area contributed by atoms with Crippen molar-refractivity contribution < 1.29 is 0 Å². The van der Waals surface area contributed by atoms with E-state index < -0.39 is 0 Å². The number of halogens is 1. The van der Waals surface area contributed by atoms with Crippen molar-refractivity contribution in [3.05, 3.63) is 59.4 Å². The first-order valence-corrected chi connectivity index (χ1v) is 8.12. The third-order valence-corrected chi connectivity index (χ3v) is 4.50. The summed E-state index contributed by atoms with van der Waals surface area (Å²) in [6, 6.07) is 8.58. The molecule has 3 nitrogen and oxygen atoms in total. The van der Waals surface area contributed by atoms with Gasteiger partial charge in [0.15, 0.2) is 5.16 Å². The Bertz CT molecular complexity index is 631. The van der Waals surface area contributed by atoms with E-state index in [0.29, 0.717) is 6.04 Å². The molecule has 1 aliphatic rings. The van der Waals surface area contributed by atoms with Crippen molar-refractivity contribution in [1.82, 2.24) is 15.3 Å². The molecule has 3 rings (SSSR count). The molecule has 0 amide bonds. The number of nitrogens with zero attached hydrogens (tertiary/aromatic N) is 1. The van der Waals surface area contributed by atoms with Gasteiger partial charge in [-0.1, -0.05) is 52.0 Å². The number of hydrogen-bond acceptors (Lipinski definition) is 3. The maximum absolute atomic E-state index is 4.43. The van der Waals surface area contributed by atoms with Gasteiger partial charge in [-0.2, -0.15) is 0 Å². The lowest BCUT2D eigenvalue weighted by molar-refractivity contribution is 0.769. The number of dihydropyridines is 1. The van der Waals surface area contributed by atoms with Crippen molar-refractivity contribution in [2.24, 2.45) is 0 Å². The minimum atomic E-state index is 0.367. The number of rotatable bonds is 4. The number of allylic oxidation sites excluding steroid dienone is 2. The summed E-state index contributed by atoms with van der Waals surface area (Å²) in [4.78, 5) is 7.78. The largest absolute Gasteiger partial charge is 0.384 e. The molecular formula is C15H14BrN3S. The lowest BCUT2D eigenvalue weighted by Gasteiger charge is -2.13. The van der Waals surface area contributed by atoms with Gasteiger partial charge in [0.2, 0.25) is 0 Å². The van der Waals surface area contributed by atoms with Crippen LogP contribution in [0, 0.1) is 0 Å². The summed E-state index contributed by atoms with van der Waals surface area (Å²) in [6.45, 7) is 0. The fourth-order valence-corrected chi connectivity index (χ4v) is 3.03. The van der Waals surface area contributed by atoms with Crippen LogP contribution in [0.15, 0.2) is 64.5 Å². The number of imidazole rings is 1. The summed E-state index contributed by atoms with van der Waals surface area (Å²) in [5.41, 5.74) is 2.19. The van der Waals surface area contributed by atoms with Crippen LogP contribution in [-0.2, 0) is 0 Å². The van der Waals surface area contributed by atoms with Gasteiger partial charge >= 0.3 is 0 Å². The number of benzene rings is 1. The van der Waals surface area contributed by atoms with E-state index in [-0.39, 0.29) is 0 Å². The van der Waals surface area contributed by atoms with Crippen molar-refractivity contribution in [2.45, 2.75) is 11.2 Å². The highest BCUT2D eigenvalue weighted by atomic mass is 79.9. The molecule has 5 heteroatoms. The van der Waals surface area contributed by atoms with Crippen LogP contribution in [0.5, 0.6) is 0 Å². The van der Waals surface area contributed by atoms with Crippen LogP contribution in [0.25, 0.3) is 11.3 Å². The molecular weight excluding hydrogens is 334 g/mol. The number of H-pyrrole nitrogens is 1. The standard InChI is InChI=1S/C15H14BrN3S/c16-12-6-4-11(5-7-12)14-9-18-15(19-14)20-10-13-3-1-2-8-17-13/h1-9,13,17H,10H2,(H,18,19). The van der Waals surface area contributed by atoms with Crippen LogP contribution in [0.3, 0.4) is 0 Å². The summed E-state index contributed by atoms with van der Waals surface area (Å²) < 4.78 is 1.08. The van der Waals surface area contributed by atoms with Gasteiger partial charge < -0.3 is 10.3 Å². The maximum Gasteiger partial charge on any atom is 0.165 e. The molecule has 1 aliphatic heterocycles. The Morgan fingerprint density at radius 3 is 2.80 bits per heavy atom. The SMILES string of the molecule is Brc1ccc(-c2cnc(SCC3C=CC=CN3)[nH]2)cc1. The van der Waals surface area contributed by atoms with E-state index in [1.165, 1.54) is 0 Å². The molecule has 0 aliphatic carbocycles. The zero-order valence-electron chi connectivity index (χ0n) is 10.7. The van der Waals surface area contributed by atoms with Gasteiger partial charge in [0, 0.05) is 10.2 Å². The lowest BCUT2D eigenvalue weighted by atomic mass is 10.2. The first kappa shape index (κ1) is 13.5. The van der Waals surface area contributed by atoms with E-state index in [9.17, 15) is 0 Å². The molecule has 1 aromatic carbocycles. The smallest absolute Gasteiger partial charge is 0.165 e. The van der Waals surface area contributed by atoms with E-state index in [4.69, 9.17) is 0 Å². The second kappa shape index (κ2) is 6.33. The molecule has 2 aromatic rings. The third-order valence-electron chi connectivity index (χ3n) is 2.97. The molecule has 0 bridgehead atoms. The van der Waals surface area contributed by atoms with E-state index in [1.54, 1.807) is 11.8 Å². The number of hydrogen-bond donors (Lipinski definition) is 2. The van der Waals surface area contributed by atoms with Gasteiger partial charge in [-0.15, -0.1) is 0 Å². The minimum Gasteiger partial charge on any atom is -0.384 e. The van der Waals surface area contributed by atoms with Gasteiger partial charge in [0.05, 0.1) is 17.9 Å². The quantitative estimate of drug-likeness (QED) is 0.822. The summed E-state index contributed by atoms with van der Waals surface area (Å²) >= 11 is 5.17. The van der Waals surface area contributed by atoms with Crippen LogP contribution >= 0.6 is 27.7 Å². The summed E-state index contributed by atoms with van der Waals surface area (Å²) in [5, 5.41) is 4.25. The monoisotopic (exact) mass is 347 g/mol. The Hall–Kier alpha value is -1.46. The van der Waals surface area contributed by atoms with Crippen molar-refractivity contribution in [3.8, 4) is 11.3 Å². The summed E-state index contributed by atoms with van der Waals surface area (Å²) in [7, 11) is 0. The molecule has 0 radical (unpaired) electrons. The molecule has 102 valence electrons. The van der Waals surface area contributed by atoms with Crippen molar-refractivity contribution in [1.29, 1.82) is 0 Å². The molecule has 0 saturated carbocycles. The average molecular weight is 348 g/mol. The topological polar surface area (TPSA) is 40.7 Å². The molecule has 20 heavy (non-hydrogen) atoms. The fourth-order valence-electron chi connectivity index (χ4n) is 1.91. The number of aromatic amines is 1. The van der Waals surface area contributed by atoms with Gasteiger partial charge in [-0.25, -0.2) is 4.98 Å². The lowest BCUT2D eigenvalue weighted by Crippen LogP contribution is -2.25. The van der Waals surface area contributed by atoms with Crippen LogP contribution in [0.2, 0.25) is 0 Å². The second-order valence-corrected chi connectivity index (χ2v) is 6.36. The molecule has 2 N–H and O–H groups in total. The predicted octanol–water partition coefficient (Wildman–Crippen LogP) is 3.97. The van der Waals surface area contributed by atoms with Crippen LogP contribution in [0.4, 0.5) is 0 Å². The minimum absolute atomic E-state index is 0.367. The molecule has 0 saturated heterocycles. The Kier molecular flexibility index (Phi) is 4.28. The highest BCUT2D eigenvalue weighted by Crippen LogP contribution is 2.23. The molecule has 1 aromatic heterocycles. The van der Waals surface area contributed by atoms with Crippen molar-refractivity contribution in [2.75, 3.05) is 5.75 Å². The van der Waals surface area contributed by atoms with Gasteiger partial charge in [0.1, 0.15) is 0 Å². The zero-order chi connectivity index (χ0) is 13.8. The van der Waals surface area contributed by atoms with Crippen molar-refractivity contribution in [3.63, 3.8) is 0 Å². The van der Waals surface area contributed by atoms with Gasteiger partial charge in [-0.05, 0) is 30.0 Å². The van der Waals surface area contributed by atoms with E-state index >= 15 is 0 Å². The van der Waals surface area contributed by atoms with Crippen LogP contribution in [0.1, 0.15) is 0 Å². The molecule has 2 heterocycles. The van der Waals surface area contributed by atoms with E-state index in [0.717, 1.165) is 26.6 Å². The van der Waals surface area contributed by atoms with Gasteiger partial charge in [0.25, 0.3) is 0 Å². The molecule has 1 unspecified atom stereocenters. The highest BCUT2D eigenvalue weighted by molar-refractivity contribution is 9.10. The predicted molar refractivity (Wildman–Crippen MR) is 87.7 cm³/mol. The number of nitrogens with one attached hydrogen (secondary N) is 2. The normalized spacial score (nSPS) is 17.1. The zero-order valence-corrected chi connectivity index (χ0v) is 13.1. The molecule has 0 spiro atoms. The Labute approximate surface area is 130 Å². The second-order valence-electron chi connectivity index (χ2n) is 4.44. The Morgan fingerprint density at radius 2 is 2.05 bits per heavy atom. The van der Waals surface area contributed by atoms with E-state index in [1.807, 2.05) is 30.6 Å². The summed E-state index contributed by atoms with van der Waals surface area (Å²) in [5.74, 6) is 0.953. The number of aromatic nitrogens is 2. The maximum atomic E-state index is 4.43. The Balaban J connectivity index is 1.63. The fraction of sp³-hybridized carbons (Fsp3) is 0.133. The summed E-state index contributed by atoms with van der Waals surface area (Å²) in [6.07, 6.45) is 10.1. The van der Waals surface area contributed by atoms with Crippen LogP contribution < -0.4 is 5.32 Å². The average Bonchev–Trinajstić information content (AvgIpc) is 2.96. The molecule has 0 fully saturated rings. The van der Waals surface area contributed by atoms with Gasteiger partial charge in [-0.3, -0.25) is 0 Å². The first-order valence-electron chi connectivity index (χ1n) is 6.34. The molecule has 1 atom stereocenters. The highest BCUT2D eigenvalue weighted by Gasteiger charge is 2.08. The Morgan fingerprint density at radius 1 is 1.20 bits per heavy atom. The first-order chi connectivity index (χ1) is 9.81. The van der Waals surface area contributed by atoms with E-state index in [2.05, 4.69) is 55.5 Å². The number of thioether (sulfide) groups is 1. The third kappa shape index (κ3) is 3.35. The van der Waals surface area contributed by atoms with Crippen LogP contribution in [-0.4, -0.2) is 21.8 Å². The van der Waals surface area contributed by atoms with Crippen molar-refractivity contribution >= 4 is 27.7 Å².